The lowest BCUT2D eigenvalue weighted by Gasteiger charge is -2.53. The first kappa shape index (κ1) is 31.1. The van der Waals surface area contributed by atoms with Crippen LogP contribution in [0.5, 0.6) is 0 Å². The number of hydrogen-bond acceptors (Lipinski definition) is 11. The summed E-state index contributed by atoms with van der Waals surface area (Å²) in [7, 11) is 1.54. The lowest BCUT2D eigenvalue weighted by Crippen LogP contribution is -2.69. The molecule has 0 aromatic heterocycles. The Hall–Kier alpha value is -2.83. The van der Waals surface area contributed by atoms with E-state index in [0.717, 1.165) is 5.56 Å². The van der Waals surface area contributed by atoms with E-state index in [1.807, 2.05) is 30.3 Å². The van der Waals surface area contributed by atoms with Crippen LogP contribution < -0.4 is 0 Å². The molecule has 3 heterocycles. The molecule has 0 saturated carbocycles. The average Bonchev–Trinajstić information content (AvgIpc) is 3.27. The van der Waals surface area contributed by atoms with Crippen LogP contribution in [0.4, 0.5) is 0 Å². The third-order valence-corrected chi connectivity index (χ3v) is 7.55. The van der Waals surface area contributed by atoms with Crippen LogP contribution in [0.3, 0.4) is 0 Å². The number of rotatable bonds is 12. The van der Waals surface area contributed by atoms with Crippen molar-refractivity contribution in [3.05, 3.63) is 48.6 Å². The zero-order valence-electron chi connectivity index (χ0n) is 24.0. The molecule has 0 spiro atoms. The van der Waals surface area contributed by atoms with Gasteiger partial charge in [0.1, 0.15) is 31.0 Å². The first-order chi connectivity index (χ1) is 19.7. The zero-order chi connectivity index (χ0) is 29.6. The van der Waals surface area contributed by atoms with E-state index in [1.165, 1.54) is 27.9 Å². The lowest BCUT2D eigenvalue weighted by molar-refractivity contribution is -0.382. The van der Waals surface area contributed by atoms with E-state index < -0.39 is 66.4 Å². The molecule has 41 heavy (non-hydrogen) atoms. The van der Waals surface area contributed by atoms with Crippen molar-refractivity contribution in [2.24, 2.45) is 0 Å². The molecule has 3 saturated heterocycles. The number of carbonyl (C=O) groups is 3. The van der Waals surface area contributed by atoms with Crippen molar-refractivity contribution in [1.29, 1.82) is 0 Å². The van der Waals surface area contributed by atoms with Gasteiger partial charge in [0.05, 0.1) is 18.8 Å². The fraction of sp³-hybridized carbons (Fsp3) is 0.633. The highest BCUT2D eigenvalue weighted by molar-refractivity contribution is 5.67. The Morgan fingerprint density at radius 1 is 1.05 bits per heavy atom. The highest BCUT2D eigenvalue weighted by Crippen LogP contribution is 2.48. The summed E-state index contributed by atoms with van der Waals surface area (Å²) in [5.41, 5.74) is 0.936. The highest BCUT2D eigenvalue weighted by atomic mass is 16.8. The number of methoxy groups -OCH3 is 1. The van der Waals surface area contributed by atoms with Gasteiger partial charge < -0.3 is 37.9 Å². The molecule has 11 heteroatoms. The van der Waals surface area contributed by atoms with E-state index >= 15 is 0 Å². The molecule has 11 nitrogen and oxygen atoms in total. The smallest absolute Gasteiger partial charge is 0.303 e. The molecule has 0 radical (unpaired) electrons. The maximum atomic E-state index is 12.3. The van der Waals surface area contributed by atoms with Gasteiger partial charge in [0.25, 0.3) is 0 Å². The van der Waals surface area contributed by atoms with Crippen LogP contribution in [-0.4, -0.2) is 86.2 Å². The third kappa shape index (κ3) is 7.52. The van der Waals surface area contributed by atoms with Crippen LogP contribution in [0.15, 0.2) is 43.0 Å². The molecule has 0 N–H and O–H groups in total. The molecule has 1 aromatic rings. The van der Waals surface area contributed by atoms with E-state index in [1.54, 1.807) is 6.08 Å². The number of benzene rings is 1. The first-order valence-electron chi connectivity index (χ1n) is 13.9. The summed E-state index contributed by atoms with van der Waals surface area (Å²) in [4.78, 5) is 35.7. The summed E-state index contributed by atoms with van der Waals surface area (Å²) in [6.07, 6.45) is -1.75. The zero-order valence-corrected chi connectivity index (χ0v) is 24.0. The predicted molar refractivity (Wildman–Crippen MR) is 143 cm³/mol. The minimum Gasteiger partial charge on any atom is -0.462 e. The third-order valence-electron chi connectivity index (χ3n) is 7.55. The van der Waals surface area contributed by atoms with Crippen LogP contribution in [-0.2, 0) is 58.9 Å². The van der Waals surface area contributed by atoms with Gasteiger partial charge in [-0.2, -0.15) is 0 Å². The van der Waals surface area contributed by atoms with E-state index in [-0.39, 0.29) is 25.7 Å². The van der Waals surface area contributed by atoms with Crippen LogP contribution >= 0.6 is 0 Å². The largest absolute Gasteiger partial charge is 0.462 e. The summed E-state index contributed by atoms with van der Waals surface area (Å²) in [5.74, 6) is -2.75. The van der Waals surface area contributed by atoms with Crippen LogP contribution in [0, 0.1) is 0 Å². The Balaban J connectivity index is 1.66. The molecule has 0 aliphatic carbocycles. The second-order valence-electron chi connectivity index (χ2n) is 10.6. The molecule has 3 aliphatic rings. The van der Waals surface area contributed by atoms with Gasteiger partial charge in [-0.25, -0.2) is 0 Å². The second-order valence-corrected chi connectivity index (χ2v) is 10.6. The molecule has 9 atom stereocenters. The van der Waals surface area contributed by atoms with Crippen molar-refractivity contribution >= 4 is 17.9 Å². The van der Waals surface area contributed by atoms with Gasteiger partial charge in [0, 0.05) is 40.7 Å². The van der Waals surface area contributed by atoms with Gasteiger partial charge >= 0.3 is 17.9 Å². The average molecular weight is 577 g/mol. The van der Waals surface area contributed by atoms with E-state index in [0.29, 0.717) is 19.3 Å². The molecular weight excluding hydrogens is 536 g/mol. The SMILES string of the molecule is C=CC[C@@H]1CCC2(OC)O[C@@H]3[C@@H](O[C@H](C[C@H](COC(C)=O)OC(C)=O)[C@@H]3OCc3ccccc3)[C@H](OC(C)=O)[C@H]2O1. The van der Waals surface area contributed by atoms with Crippen LogP contribution in [0.25, 0.3) is 0 Å². The summed E-state index contributed by atoms with van der Waals surface area (Å²) >= 11 is 0. The normalized spacial score (nSPS) is 33.1. The van der Waals surface area contributed by atoms with Gasteiger partial charge in [0.2, 0.25) is 0 Å². The van der Waals surface area contributed by atoms with Crippen molar-refractivity contribution in [2.75, 3.05) is 13.7 Å². The molecular formula is C30H40O11. The molecule has 3 fully saturated rings. The molecule has 0 bridgehead atoms. The minimum atomic E-state index is -1.21. The molecule has 226 valence electrons. The first-order valence-corrected chi connectivity index (χ1v) is 13.9. The Labute approximate surface area is 240 Å². The van der Waals surface area contributed by atoms with E-state index in [2.05, 4.69) is 6.58 Å². The Morgan fingerprint density at radius 2 is 1.80 bits per heavy atom. The van der Waals surface area contributed by atoms with Crippen molar-refractivity contribution in [1.82, 2.24) is 0 Å². The van der Waals surface area contributed by atoms with Crippen molar-refractivity contribution in [3.63, 3.8) is 0 Å². The number of hydrogen-bond donors (Lipinski definition) is 0. The van der Waals surface area contributed by atoms with Crippen LogP contribution in [0.1, 0.15) is 52.0 Å². The van der Waals surface area contributed by atoms with E-state index in [9.17, 15) is 14.4 Å². The topological polar surface area (TPSA) is 125 Å². The fourth-order valence-corrected chi connectivity index (χ4v) is 5.85. The monoisotopic (exact) mass is 576 g/mol. The van der Waals surface area contributed by atoms with Crippen molar-refractivity contribution in [2.45, 2.75) is 108 Å². The second kappa shape index (κ2) is 13.9. The summed E-state index contributed by atoms with van der Waals surface area (Å²) < 4.78 is 48.5. The lowest BCUT2D eigenvalue weighted by atomic mass is 9.84. The predicted octanol–water partition coefficient (Wildman–Crippen LogP) is 3.02. The standard InChI is InChI=1S/C30H40O11/c1-6-10-22-13-14-30(34-5)29(39-22)28(38-20(4)33)26-27(41-30)25(36-16-21-11-8-7-9-12-21)24(40-26)15-23(37-19(3)32)17-35-18(2)31/h6-9,11-12,22-29H,1,10,13-17H2,2-5H3/t22-,23-,24-,25+,26-,27+,28+,29-,30?/m1/s1. The van der Waals surface area contributed by atoms with Crippen molar-refractivity contribution in [3.8, 4) is 0 Å². The van der Waals surface area contributed by atoms with Gasteiger partial charge in [-0.05, 0) is 18.4 Å². The molecule has 0 amide bonds. The fourth-order valence-electron chi connectivity index (χ4n) is 5.85. The molecule has 4 rings (SSSR count). The van der Waals surface area contributed by atoms with Gasteiger partial charge in [-0.3, -0.25) is 14.4 Å². The van der Waals surface area contributed by atoms with Crippen LogP contribution in [0.2, 0.25) is 0 Å². The number of ether oxygens (including phenoxy) is 8. The Kier molecular flexibility index (Phi) is 10.5. The maximum Gasteiger partial charge on any atom is 0.303 e. The molecule has 1 aromatic carbocycles. The van der Waals surface area contributed by atoms with Crippen molar-refractivity contribution < 1.29 is 52.3 Å². The van der Waals surface area contributed by atoms with Gasteiger partial charge in [-0.15, -0.1) is 6.58 Å². The number of esters is 3. The molecule has 1 unspecified atom stereocenters. The Bertz CT molecular complexity index is 1060. The van der Waals surface area contributed by atoms with E-state index in [4.69, 9.17) is 37.9 Å². The number of fused-ring (bicyclic) bond motifs is 2. The summed E-state index contributed by atoms with van der Waals surface area (Å²) in [6.45, 7) is 7.80. The highest BCUT2D eigenvalue weighted by Gasteiger charge is 2.65. The number of carbonyl (C=O) groups excluding carboxylic acids is 3. The quantitative estimate of drug-likeness (QED) is 0.207. The Morgan fingerprint density at radius 3 is 2.44 bits per heavy atom. The molecule has 3 aliphatic heterocycles. The maximum absolute atomic E-state index is 12.3. The summed E-state index contributed by atoms with van der Waals surface area (Å²) in [6, 6.07) is 9.62. The summed E-state index contributed by atoms with van der Waals surface area (Å²) in [5, 5.41) is 0. The minimum absolute atomic E-state index is 0.139. The van der Waals surface area contributed by atoms with Gasteiger partial charge in [-0.1, -0.05) is 36.4 Å². The van der Waals surface area contributed by atoms with Gasteiger partial charge in [0.15, 0.2) is 18.0 Å².